The minimum atomic E-state index is 0.393. The Kier molecular flexibility index (Phi) is 4.25. The van der Waals surface area contributed by atoms with Gasteiger partial charge in [-0.05, 0) is 12.1 Å². The summed E-state index contributed by atoms with van der Waals surface area (Å²) in [7, 11) is 1.64. The van der Waals surface area contributed by atoms with Crippen molar-refractivity contribution in [1.82, 2.24) is 20.3 Å². The van der Waals surface area contributed by atoms with E-state index < -0.39 is 0 Å². The Hall–Kier alpha value is -4.00. The molecule has 0 spiro atoms. The second-order valence-electron chi connectivity index (χ2n) is 6.46. The molecule has 142 valence electrons. The standard InChI is InChI=1S/C22H16N4O3/c1-27-18-10-6-5-9-15(18)12-19-24-25-21(28-19)16-11-17-20(14-7-3-2-4-8-14)26-29-22(17)23-13-16/h2-11,13H,12H2,1H3. The van der Waals surface area contributed by atoms with Crippen molar-refractivity contribution in [3.05, 3.63) is 78.3 Å². The number of nitrogens with zero attached hydrogens (tertiary/aromatic N) is 4. The van der Waals surface area contributed by atoms with Crippen molar-refractivity contribution < 1.29 is 13.7 Å². The van der Waals surface area contributed by atoms with Crippen molar-refractivity contribution in [1.29, 1.82) is 0 Å². The SMILES string of the molecule is COc1ccccc1Cc1nnc(-c2cnc3onc(-c4ccccc4)c3c2)o1. The topological polar surface area (TPSA) is 87.1 Å². The van der Waals surface area contributed by atoms with E-state index in [4.69, 9.17) is 13.7 Å². The number of methoxy groups -OCH3 is 1. The third-order valence-electron chi connectivity index (χ3n) is 4.62. The first-order valence-corrected chi connectivity index (χ1v) is 9.07. The van der Waals surface area contributed by atoms with Crippen LogP contribution in [0.4, 0.5) is 0 Å². The molecular formula is C22H16N4O3. The van der Waals surface area contributed by atoms with E-state index in [0.717, 1.165) is 28.0 Å². The summed E-state index contributed by atoms with van der Waals surface area (Å²) in [5.74, 6) is 1.68. The maximum absolute atomic E-state index is 5.88. The first kappa shape index (κ1) is 17.1. The summed E-state index contributed by atoms with van der Waals surface area (Å²) in [4.78, 5) is 4.35. The summed E-state index contributed by atoms with van der Waals surface area (Å²) >= 11 is 0. The molecule has 0 aliphatic heterocycles. The normalized spacial score (nSPS) is 11.1. The summed E-state index contributed by atoms with van der Waals surface area (Å²) in [6, 6.07) is 19.5. The summed E-state index contributed by atoms with van der Waals surface area (Å²) < 4.78 is 16.6. The molecule has 5 rings (SSSR count). The Balaban J connectivity index is 1.49. The largest absolute Gasteiger partial charge is 0.496 e. The van der Waals surface area contributed by atoms with Gasteiger partial charge in [0, 0.05) is 17.3 Å². The van der Waals surface area contributed by atoms with Gasteiger partial charge in [-0.25, -0.2) is 4.98 Å². The van der Waals surface area contributed by atoms with Gasteiger partial charge in [0.15, 0.2) is 0 Å². The van der Waals surface area contributed by atoms with Gasteiger partial charge < -0.3 is 13.7 Å². The van der Waals surface area contributed by atoms with Crippen molar-refractivity contribution in [3.63, 3.8) is 0 Å². The zero-order chi connectivity index (χ0) is 19.6. The summed E-state index contributed by atoms with van der Waals surface area (Å²) in [6.07, 6.45) is 2.12. The van der Waals surface area contributed by atoms with E-state index in [9.17, 15) is 0 Å². The molecule has 0 unspecified atom stereocenters. The third kappa shape index (κ3) is 3.23. The van der Waals surface area contributed by atoms with Crippen LogP contribution in [0.25, 0.3) is 33.8 Å². The lowest BCUT2D eigenvalue weighted by Crippen LogP contribution is -1.93. The van der Waals surface area contributed by atoms with Gasteiger partial charge in [0.1, 0.15) is 11.4 Å². The maximum Gasteiger partial charge on any atom is 0.258 e. The fraction of sp³-hybridized carbons (Fsp3) is 0.0909. The zero-order valence-corrected chi connectivity index (χ0v) is 15.6. The fourth-order valence-corrected chi connectivity index (χ4v) is 3.21. The van der Waals surface area contributed by atoms with Crippen LogP contribution in [-0.4, -0.2) is 27.4 Å². The number of rotatable bonds is 5. The quantitative estimate of drug-likeness (QED) is 0.440. The summed E-state index contributed by atoms with van der Waals surface area (Å²) in [6.45, 7) is 0. The van der Waals surface area contributed by atoms with Crippen molar-refractivity contribution in [2.75, 3.05) is 7.11 Å². The van der Waals surface area contributed by atoms with Crippen molar-refractivity contribution >= 4 is 11.1 Å². The Morgan fingerprint density at radius 3 is 2.62 bits per heavy atom. The number of aromatic nitrogens is 4. The second kappa shape index (κ2) is 7.20. The number of benzene rings is 2. The molecule has 5 aromatic rings. The van der Waals surface area contributed by atoms with Crippen LogP contribution in [0.5, 0.6) is 5.75 Å². The molecule has 7 heteroatoms. The third-order valence-corrected chi connectivity index (χ3v) is 4.62. The van der Waals surface area contributed by atoms with Gasteiger partial charge in [-0.15, -0.1) is 10.2 Å². The highest BCUT2D eigenvalue weighted by molar-refractivity contribution is 5.91. The van der Waals surface area contributed by atoms with E-state index in [0.29, 0.717) is 29.5 Å². The first-order chi connectivity index (χ1) is 14.3. The molecule has 0 saturated heterocycles. The van der Waals surface area contributed by atoms with Gasteiger partial charge in [0.05, 0.1) is 24.5 Å². The number of pyridine rings is 1. The molecule has 29 heavy (non-hydrogen) atoms. The fourth-order valence-electron chi connectivity index (χ4n) is 3.21. The molecule has 0 amide bonds. The van der Waals surface area contributed by atoms with Gasteiger partial charge in [-0.1, -0.05) is 53.7 Å². The monoisotopic (exact) mass is 384 g/mol. The smallest absolute Gasteiger partial charge is 0.258 e. The number of hydrogen-bond acceptors (Lipinski definition) is 7. The minimum absolute atomic E-state index is 0.393. The van der Waals surface area contributed by atoms with Crippen molar-refractivity contribution in [3.8, 4) is 28.5 Å². The summed E-state index contributed by atoms with van der Waals surface area (Å²) in [5, 5.41) is 13.3. The highest BCUT2D eigenvalue weighted by atomic mass is 16.5. The Morgan fingerprint density at radius 2 is 1.76 bits per heavy atom. The average Bonchev–Trinajstić information content (AvgIpc) is 3.41. The van der Waals surface area contributed by atoms with Crippen LogP contribution >= 0.6 is 0 Å². The minimum Gasteiger partial charge on any atom is -0.496 e. The number of hydrogen-bond donors (Lipinski definition) is 0. The van der Waals surface area contributed by atoms with Crippen LogP contribution < -0.4 is 4.74 Å². The average molecular weight is 384 g/mol. The van der Waals surface area contributed by atoms with Crippen LogP contribution in [0.15, 0.2) is 75.8 Å². The number of fused-ring (bicyclic) bond motifs is 1. The van der Waals surface area contributed by atoms with Gasteiger partial charge in [-0.2, -0.15) is 0 Å². The molecule has 0 N–H and O–H groups in total. The van der Waals surface area contributed by atoms with Crippen LogP contribution in [0, 0.1) is 0 Å². The number of ether oxygens (including phenoxy) is 1. The molecule has 2 aromatic carbocycles. The molecule has 3 aromatic heterocycles. The van der Waals surface area contributed by atoms with Crippen molar-refractivity contribution in [2.45, 2.75) is 6.42 Å². The highest BCUT2D eigenvalue weighted by Gasteiger charge is 2.16. The predicted molar refractivity (Wildman–Crippen MR) is 106 cm³/mol. The molecule has 0 fully saturated rings. The summed E-state index contributed by atoms with van der Waals surface area (Å²) in [5.41, 5.74) is 3.82. The van der Waals surface area contributed by atoms with Gasteiger partial charge in [0.25, 0.3) is 5.71 Å². The Morgan fingerprint density at radius 1 is 0.931 bits per heavy atom. The molecule has 0 bridgehead atoms. The van der Waals surface area contributed by atoms with Crippen molar-refractivity contribution in [2.24, 2.45) is 0 Å². The maximum atomic E-state index is 5.88. The van der Waals surface area contributed by atoms with Crippen LogP contribution in [0.2, 0.25) is 0 Å². The number of para-hydroxylation sites is 1. The predicted octanol–water partition coefficient (Wildman–Crippen LogP) is 4.54. The van der Waals surface area contributed by atoms with E-state index in [-0.39, 0.29) is 0 Å². The van der Waals surface area contributed by atoms with E-state index in [1.54, 1.807) is 13.3 Å². The highest BCUT2D eigenvalue weighted by Crippen LogP contribution is 2.30. The van der Waals surface area contributed by atoms with Gasteiger partial charge in [0.2, 0.25) is 11.8 Å². The molecular weight excluding hydrogens is 368 g/mol. The lowest BCUT2D eigenvalue weighted by atomic mass is 10.1. The second-order valence-corrected chi connectivity index (χ2v) is 6.46. The lowest BCUT2D eigenvalue weighted by molar-refractivity contribution is 0.408. The Labute approximate surface area is 166 Å². The molecule has 3 heterocycles. The van der Waals surface area contributed by atoms with Gasteiger partial charge >= 0.3 is 0 Å². The zero-order valence-electron chi connectivity index (χ0n) is 15.6. The van der Waals surface area contributed by atoms with Gasteiger partial charge in [-0.3, -0.25) is 0 Å². The van der Waals surface area contributed by atoms with E-state index in [1.807, 2.05) is 60.7 Å². The molecule has 0 aliphatic rings. The van der Waals surface area contributed by atoms with Crippen LogP contribution in [0.3, 0.4) is 0 Å². The van der Waals surface area contributed by atoms with E-state index in [2.05, 4.69) is 20.3 Å². The molecule has 0 radical (unpaired) electrons. The van der Waals surface area contributed by atoms with E-state index in [1.165, 1.54) is 0 Å². The molecule has 0 atom stereocenters. The molecule has 0 saturated carbocycles. The molecule has 7 nitrogen and oxygen atoms in total. The van der Waals surface area contributed by atoms with Crippen LogP contribution in [-0.2, 0) is 6.42 Å². The first-order valence-electron chi connectivity index (χ1n) is 9.07. The molecule has 0 aliphatic carbocycles. The lowest BCUT2D eigenvalue weighted by Gasteiger charge is -2.05. The van der Waals surface area contributed by atoms with Crippen LogP contribution in [0.1, 0.15) is 11.5 Å². The van der Waals surface area contributed by atoms with E-state index >= 15 is 0 Å². The Bertz CT molecular complexity index is 1280.